The molecule has 1 amide bonds. The highest BCUT2D eigenvalue weighted by Gasteiger charge is 2.36. The summed E-state index contributed by atoms with van der Waals surface area (Å²) < 4.78 is 0. The summed E-state index contributed by atoms with van der Waals surface area (Å²) in [6, 6.07) is 7.35. The molecule has 2 aliphatic rings. The quantitative estimate of drug-likeness (QED) is 0.826. The Bertz CT molecular complexity index is 588. The lowest BCUT2D eigenvalue weighted by Crippen LogP contribution is -2.30. The lowest BCUT2D eigenvalue weighted by Gasteiger charge is -2.17. The van der Waals surface area contributed by atoms with Crippen molar-refractivity contribution in [3.8, 4) is 6.07 Å². The highest BCUT2D eigenvalue weighted by Crippen LogP contribution is 2.33. The number of nitrogens with zero attached hydrogens (tertiary/aromatic N) is 2. The molecule has 21 heavy (non-hydrogen) atoms. The van der Waals surface area contributed by atoms with E-state index in [1.165, 1.54) is 0 Å². The molecule has 0 spiro atoms. The van der Waals surface area contributed by atoms with E-state index in [0.717, 1.165) is 44.6 Å². The molecule has 0 bridgehead atoms. The first-order chi connectivity index (χ1) is 10.2. The highest BCUT2D eigenvalue weighted by atomic mass is 16.2. The number of anilines is 2. The fourth-order valence-electron chi connectivity index (χ4n) is 2.82. The van der Waals surface area contributed by atoms with Gasteiger partial charge >= 0.3 is 0 Å². The molecule has 1 unspecified atom stereocenters. The van der Waals surface area contributed by atoms with Crippen LogP contribution in [-0.2, 0) is 4.79 Å². The summed E-state index contributed by atoms with van der Waals surface area (Å²) in [4.78, 5) is 14.0. The molecule has 3 rings (SSSR count). The number of amides is 1. The van der Waals surface area contributed by atoms with Gasteiger partial charge in [0.05, 0.1) is 23.0 Å². The van der Waals surface area contributed by atoms with Crippen LogP contribution >= 0.6 is 0 Å². The molecule has 1 saturated heterocycles. The molecule has 0 radical (unpaired) electrons. The predicted octanol–water partition coefficient (Wildman–Crippen LogP) is 1.81. The van der Waals surface area contributed by atoms with Crippen LogP contribution in [0.1, 0.15) is 24.8 Å². The molecule has 1 aromatic rings. The molecule has 1 atom stereocenters. The van der Waals surface area contributed by atoms with Crippen LogP contribution < -0.4 is 11.1 Å². The van der Waals surface area contributed by atoms with Crippen molar-refractivity contribution in [1.82, 2.24) is 4.90 Å². The average molecular weight is 284 g/mol. The van der Waals surface area contributed by atoms with Crippen molar-refractivity contribution < 1.29 is 4.79 Å². The molecule has 5 nitrogen and oxygen atoms in total. The van der Waals surface area contributed by atoms with Gasteiger partial charge in [-0.25, -0.2) is 0 Å². The van der Waals surface area contributed by atoms with E-state index in [9.17, 15) is 4.79 Å². The minimum absolute atomic E-state index is 0.305. The number of nitrogens with one attached hydrogen (secondary N) is 1. The Balaban J connectivity index is 1.54. The first-order valence-electron chi connectivity index (χ1n) is 7.49. The Morgan fingerprint density at radius 1 is 1.43 bits per heavy atom. The van der Waals surface area contributed by atoms with Gasteiger partial charge in [-0.1, -0.05) is 0 Å². The zero-order valence-electron chi connectivity index (χ0n) is 12.0. The van der Waals surface area contributed by atoms with E-state index < -0.39 is 0 Å². The van der Waals surface area contributed by atoms with Crippen LogP contribution in [0.4, 0.5) is 11.4 Å². The number of rotatable bonds is 4. The summed E-state index contributed by atoms with van der Waals surface area (Å²) in [6.45, 7) is 2.49. The van der Waals surface area contributed by atoms with E-state index in [4.69, 9.17) is 11.0 Å². The molecule has 1 aliphatic heterocycles. The Hall–Kier alpha value is -2.22. The topological polar surface area (TPSA) is 82.2 Å². The van der Waals surface area contributed by atoms with Crippen molar-refractivity contribution in [3.05, 3.63) is 23.8 Å². The third-order valence-corrected chi connectivity index (χ3v) is 4.29. The molecule has 1 aliphatic carbocycles. The Morgan fingerprint density at radius 3 is 2.95 bits per heavy atom. The second kappa shape index (κ2) is 5.65. The third kappa shape index (κ3) is 3.10. The second-order valence-corrected chi connectivity index (χ2v) is 6.01. The zero-order chi connectivity index (χ0) is 14.8. The molecule has 110 valence electrons. The van der Waals surface area contributed by atoms with Crippen LogP contribution in [0.3, 0.4) is 0 Å². The lowest BCUT2D eigenvalue weighted by atomic mass is 10.1. The summed E-state index contributed by atoms with van der Waals surface area (Å²) in [5, 5.41) is 12.2. The maximum Gasteiger partial charge on any atom is 0.225 e. The maximum atomic E-state index is 12.0. The smallest absolute Gasteiger partial charge is 0.225 e. The number of nitrogen functional groups attached to an aromatic ring is 1. The van der Waals surface area contributed by atoms with Crippen LogP contribution in [0.15, 0.2) is 18.2 Å². The number of benzene rings is 1. The number of hydrogen-bond donors (Lipinski definition) is 2. The summed E-state index contributed by atoms with van der Waals surface area (Å²) >= 11 is 0. The lowest BCUT2D eigenvalue weighted by molar-refractivity contribution is -0.131. The van der Waals surface area contributed by atoms with Crippen molar-refractivity contribution in [1.29, 1.82) is 5.26 Å². The van der Waals surface area contributed by atoms with E-state index in [1.807, 2.05) is 4.90 Å². The zero-order valence-corrected chi connectivity index (χ0v) is 12.0. The monoisotopic (exact) mass is 284 g/mol. The molecule has 1 heterocycles. The van der Waals surface area contributed by atoms with Gasteiger partial charge in [-0.05, 0) is 43.4 Å². The van der Waals surface area contributed by atoms with Gasteiger partial charge in [0.25, 0.3) is 0 Å². The molecule has 5 heteroatoms. The van der Waals surface area contributed by atoms with Gasteiger partial charge in [0.1, 0.15) is 0 Å². The number of likely N-dealkylation sites (tertiary alicyclic amines) is 1. The largest absolute Gasteiger partial charge is 0.397 e. The minimum Gasteiger partial charge on any atom is -0.397 e. The Kier molecular flexibility index (Phi) is 3.70. The second-order valence-electron chi connectivity index (χ2n) is 6.01. The average Bonchev–Trinajstić information content (AvgIpc) is 3.24. The van der Waals surface area contributed by atoms with Gasteiger partial charge in [0.15, 0.2) is 0 Å². The normalized spacial score (nSPS) is 21.1. The van der Waals surface area contributed by atoms with E-state index in [0.29, 0.717) is 29.0 Å². The van der Waals surface area contributed by atoms with E-state index in [-0.39, 0.29) is 0 Å². The number of nitriles is 1. The van der Waals surface area contributed by atoms with E-state index in [2.05, 4.69) is 11.4 Å². The van der Waals surface area contributed by atoms with Crippen molar-refractivity contribution in [2.45, 2.75) is 19.3 Å². The molecular formula is C16H20N4O. The number of hydrogen-bond acceptors (Lipinski definition) is 4. The van der Waals surface area contributed by atoms with Crippen LogP contribution in [0.25, 0.3) is 0 Å². The first-order valence-corrected chi connectivity index (χ1v) is 7.49. The van der Waals surface area contributed by atoms with E-state index >= 15 is 0 Å². The molecule has 1 saturated carbocycles. The third-order valence-electron chi connectivity index (χ3n) is 4.29. The Labute approximate surface area is 124 Å². The van der Waals surface area contributed by atoms with Gasteiger partial charge in [-0.3, -0.25) is 4.79 Å². The van der Waals surface area contributed by atoms with Crippen LogP contribution in [0.5, 0.6) is 0 Å². The van der Waals surface area contributed by atoms with Gasteiger partial charge in [0, 0.05) is 25.6 Å². The number of carbonyl (C=O) groups is 1. The van der Waals surface area contributed by atoms with Crippen LogP contribution in [0, 0.1) is 23.2 Å². The molecule has 2 fully saturated rings. The van der Waals surface area contributed by atoms with Crippen molar-refractivity contribution in [2.24, 2.45) is 11.8 Å². The fourth-order valence-corrected chi connectivity index (χ4v) is 2.82. The van der Waals surface area contributed by atoms with Crippen molar-refractivity contribution >= 4 is 17.3 Å². The molecule has 1 aromatic carbocycles. The molecule has 3 N–H and O–H groups in total. The number of nitrogens with two attached hydrogens (primary N) is 1. The van der Waals surface area contributed by atoms with Gasteiger partial charge < -0.3 is 16.0 Å². The van der Waals surface area contributed by atoms with Gasteiger partial charge in [0.2, 0.25) is 5.91 Å². The van der Waals surface area contributed by atoms with Crippen LogP contribution in [-0.4, -0.2) is 30.4 Å². The van der Waals surface area contributed by atoms with Crippen molar-refractivity contribution in [2.75, 3.05) is 30.7 Å². The van der Waals surface area contributed by atoms with Gasteiger partial charge in [-0.15, -0.1) is 0 Å². The molecule has 0 aromatic heterocycles. The number of carbonyl (C=O) groups excluding carboxylic acids is 1. The van der Waals surface area contributed by atoms with Crippen LogP contribution in [0.2, 0.25) is 0 Å². The fraction of sp³-hybridized carbons (Fsp3) is 0.500. The maximum absolute atomic E-state index is 12.0. The van der Waals surface area contributed by atoms with E-state index in [1.54, 1.807) is 18.2 Å². The summed E-state index contributed by atoms with van der Waals surface area (Å²) in [6.07, 6.45) is 3.16. The summed E-state index contributed by atoms with van der Waals surface area (Å²) in [5.41, 5.74) is 7.97. The standard InChI is InChI=1S/C16H20N4O/c17-8-11-1-4-14(18)15(7-11)19-9-12-5-6-20(10-12)16(21)13-2-3-13/h1,4,7,12-13,19H,2-3,5-6,9-10,18H2. The first kappa shape index (κ1) is 13.7. The highest BCUT2D eigenvalue weighted by molar-refractivity contribution is 5.81. The summed E-state index contributed by atoms with van der Waals surface area (Å²) in [5.74, 6) is 1.10. The van der Waals surface area contributed by atoms with Gasteiger partial charge in [-0.2, -0.15) is 5.26 Å². The Morgan fingerprint density at radius 2 is 2.24 bits per heavy atom. The summed E-state index contributed by atoms with van der Waals surface area (Å²) in [7, 11) is 0. The minimum atomic E-state index is 0.305. The molecular weight excluding hydrogens is 264 g/mol. The predicted molar refractivity (Wildman–Crippen MR) is 81.5 cm³/mol. The SMILES string of the molecule is N#Cc1ccc(N)c(NCC2CCN(C(=O)C3CC3)C2)c1. The van der Waals surface area contributed by atoms with Crippen molar-refractivity contribution in [3.63, 3.8) is 0 Å².